The van der Waals surface area contributed by atoms with Crippen LogP contribution in [-0.2, 0) is 4.79 Å². The predicted molar refractivity (Wildman–Crippen MR) is 147 cm³/mol. The predicted octanol–water partition coefficient (Wildman–Crippen LogP) is 6.77. The molecule has 4 rings (SSSR count). The topological polar surface area (TPSA) is 57.5 Å². The van der Waals surface area contributed by atoms with Gasteiger partial charge < -0.3 is 14.7 Å². The number of rotatable bonds is 8. The smallest absolute Gasteiger partial charge is 0.362 e. The lowest BCUT2D eigenvalue weighted by Crippen LogP contribution is -2.63. The molecular formula is C32H56NO3+. The van der Waals surface area contributed by atoms with Crippen LogP contribution in [0.5, 0.6) is 0 Å². The van der Waals surface area contributed by atoms with Crippen molar-refractivity contribution in [3.05, 3.63) is 11.6 Å². The molecule has 0 aromatic rings. The van der Waals surface area contributed by atoms with Crippen LogP contribution in [0.15, 0.2) is 11.6 Å². The van der Waals surface area contributed by atoms with E-state index in [4.69, 9.17) is 0 Å². The highest BCUT2D eigenvalue weighted by atomic mass is 16.4. The average molecular weight is 503 g/mol. The first kappa shape index (κ1) is 28.1. The Morgan fingerprint density at radius 2 is 1.75 bits per heavy atom. The Hall–Kier alpha value is -0.870. The van der Waals surface area contributed by atoms with E-state index in [2.05, 4.69) is 40.7 Å². The molecule has 4 aliphatic rings. The van der Waals surface area contributed by atoms with E-state index in [0.717, 1.165) is 36.5 Å². The van der Waals surface area contributed by atoms with Gasteiger partial charge in [-0.05, 0) is 85.9 Å². The van der Waals surface area contributed by atoms with E-state index in [0.29, 0.717) is 28.2 Å². The molecule has 0 heterocycles. The minimum Gasteiger partial charge on any atom is -0.477 e. The van der Waals surface area contributed by atoms with E-state index in [1.165, 1.54) is 50.5 Å². The molecule has 10 atom stereocenters. The number of carboxylic acids is 1. The largest absolute Gasteiger partial charge is 0.477 e. The first-order chi connectivity index (χ1) is 16.7. The van der Waals surface area contributed by atoms with Crippen LogP contribution in [0.3, 0.4) is 0 Å². The highest BCUT2D eigenvalue weighted by Crippen LogP contribution is 2.68. The van der Waals surface area contributed by atoms with E-state index in [1.54, 1.807) is 0 Å². The first-order valence-corrected chi connectivity index (χ1v) is 15.1. The molecule has 206 valence electrons. The summed E-state index contributed by atoms with van der Waals surface area (Å²) in [5.41, 5.74) is 1.67. The van der Waals surface area contributed by atoms with Gasteiger partial charge in [-0.15, -0.1) is 0 Å². The van der Waals surface area contributed by atoms with Gasteiger partial charge in [0.25, 0.3) is 0 Å². The summed E-state index contributed by atoms with van der Waals surface area (Å²) in [5, 5.41) is 21.3. The lowest BCUT2D eigenvalue weighted by molar-refractivity contribution is -0.892. The summed E-state index contributed by atoms with van der Waals surface area (Å²) in [6.07, 6.45) is 13.8. The number of likely N-dealkylation sites (N-methyl/N-ethyl adjacent to an activating group) is 1. The molecular weight excluding hydrogens is 446 g/mol. The van der Waals surface area contributed by atoms with Crippen LogP contribution < -0.4 is 0 Å². The number of hydrogen-bond donors (Lipinski definition) is 2. The molecule has 4 nitrogen and oxygen atoms in total. The molecule has 4 aliphatic carbocycles. The second-order valence-corrected chi connectivity index (χ2v) is 15.3. The summed E-state index contributed by atoms with van der Waals surface area (Å²) in [6.45, 7) is 12.2. The Bertz CT molecular complexity index is 843. The van der Waals surface area contributed by atoms with Gasteiger partial charge in [0, 0.05) is 11.3 Å². The maximum absolute atomic E-state index is 12.7. The molecule has 0 aliphatic heterocycles. The van der Waals surface area contributed by atoms with E-state index >= 15 is 0 Å². The van der Waals surface area contributed by atoms with Crippen molar-refractivity contribution in [2.75, 3.05) is 21.1 Å². The molecule has 3 fully saturated rings. The fraction of sp³-hybridized carbons (Fsp3) is 0.906. The van der Waals surface area contributed by atoms with Gasteiger partial charge >= 0.3 is 5.97 Å². The molecule has 0 bridgehead atoms. The lowest BCUT2D eigenvalue weighted by Gasteiger charge is -2.61. The van der Waals surface area contributed by atoms with Gasteiger partial charge in [-0.3, -0.25) is 0 Å². The number of carbonyl (C=O) groups is 1. The van der Waals surface area contributed by atoms with E-state index < -0.39 is 18.1 Å². The molecule has 3 saturated carbocycles. The molecule has 0 radical (unpaired) electrons. The Kier molecular flexibility index (Phi) is 7.84. The maximum Gasteiger partial charge on any atom is 0.362 e. The zero-order valence-corrected chi connectivity index (χ0v) is 24.6. The standard InChI is InChI=1S/C32H55NO3/c1-20(2)10-9-11-21(3)25-14-15-26-24-13-12-22-18-23(34)19-28(29(30(35)36)33(6,7)8)32(22,5)27(24)16-17-31(25,26)4/h12,20-21,23-29,34H,9-11,13-19H2,1-8H3/p+1/t21-,23-,24+,25-,26+,27+,28?,29?,31-,32-/m1/s1. The van der Waals surface area contributed by atoms with Gasteiger partial charge in [0.1, 0.15) is 0 Å². The molecule has 0 amide bonds. The number of allylic oxidation sites excluding steroid dienone is 1. The average Bonchev–Trinajstić information content (AvgIpc) is 3.10. The zero-order valence-electron chi connectivity index (χ0n) is 24.6. The van der Waals surface area contributed by atoms with Gasteiger partial charge in [0.15, 0.2) is 6.04 Å². The van der Waals surface area contributed by atoms with Crippen LogP contribution in [0.1, 0.15) is 98.8 Å². The summed E-state index contributed by atoms with van der Waals surface area (Å²) >= 11 is 0. The van der Waals surface area contributed by atoms with Gasteiger partial charge in [-0.2, -0.15) is 0 Å². The SMILES string of the molecule is CC(C)CCC[C@@H](C)[C@H]1CC[C@H]2[C@@H]3CC=C4C[C@@H](O)CC(C(C(=O)O)[N+](C)(C)C)[C@@]4(C)[C@H]3CC[C@]12C. The van der Waals surface area contributed by atoms with Gasteiger partial charge in [0.2, 0.25) is 0 Å². The summed E-state index contributed by atoms with van der Waals surface area (Å²) in [6, 6.07) is -0.502. The molecule has 2 unspecified atom stereocenters. The molecule has 0 saturated heterocycles. The third-order valence-corrected chi connectivity index (χ3v) is 12.0. The molecule has 2 N–H and O–H groups in total. The lowest BCUT2D eigenvalue weighted by atomic mass is 9.44. The summed E-state index contributed by atoms with van der Waals surface area (Å²) in [5.74, 6) is 3.63. The Labute approximate surface area is 221 Å². The third-order valence-electron chi connectivity index (χ3n) is 12.0. The molecule has 0 spiro atoms. The number of aliphatic carboxylic acids is 1. The first-order valence-electron chi connectivity index (χ1n) is 15.1. The zero-order chi connectivity index (χ0) is 26.6. The van der Waals surface area contributed by atoms with Crippen LogP contribution in [0, 0.1) is 52.3 Å². The summed E-state index contributed by atoms with van der Waals surface area (Å²) in [4.78, 5) is 12.7. The van der Waals surface area contributed by atoms with E-state index in [-0.39, 0.29) is 11.3 Å². The van der Waals surface area contributed by atoms with Crippen LogP contribution in [0.2, 0.25) is 0 Å². The minimum absolute atomic E-state index is 0.0330. The van der Waals surface area contributed by atoms with Gasteiger partial charge in [-0.25, -0.2) is 4.79 Å². The van der Waals surface area contributed by atoms with Crippen LogP contribution in [0.25, 0.3) is 0 Å². The second kappa shape index (κ2) is 10.0. The second-order valence-electron chi connectivity index (χ2n) is 15.3. The van der Waals surface area contributed by atoms with Gasteiger partial charge in [0.05, 0.1) is 27.2 Å². The van der Waals surface area contributed by atoms with E-state index in [1.807, 2.05) is 21.1 Å². The molecule has 4 heteroatoms. The van der Waals surface area contributed by atoms with E-state index in [9.17, 15) is 15.0 Å². The summed E-state index contributed by atoms with van der Waals surface area (Å²) < 4.78 is 0.407. The Morgan fingerprint density at radius 3 is 2.36 bits per heavy atom. The fourth-order valence-electron chi connectivity index (χ4n) is 10.3. The van der Waals surface area contributed by atoms with Crippen molar-refractivity contribution >= 4 is 5.97 Å². The Balaban J connectivity index is 1.63. The maximum atomic E-state index is 12.7. The Morgan fingerprint density at radius 1 is 1.06 bits per heavy atom. The quantitative estimate of drug-likeness (QED) is 0.284. The summed E-state index contributed by atoms with van der Waals surface area (Å²) in [7, 11) is 6.06. The molecule has 0 aromatic carbocycles. The monoisotopic (exact) mass is 502 g/mol. The van der Waals surface area contributed by atoms with Crippen molar-refractivity contribution in [2.24, 2.45) is 52.3 Å². The number of fused-ring (bicyclic) bond motifs is 5. The number of aliphatic hydroxyl groups is 1. The number of carboxylic acid groups (broad SMARTS) is 1. The van der Waals surface area contributed by atoms with Crippen molar-refractivity contribution in [1.29, 1.82) is 0 Å². The minimum atomic E-state index is -0.707. The highest BCUT2D eigenvalue weighted by molar-refractivity contribution is 5.73. The van der Waals surface area contributed by atoms with Crippen molar-refractivity contribution in [3.8, 4) is 0 Å². The van der Waals surface area contributed by atoms with Gasteiger partial charge in [-0.1, -0.05) is 65.5 Å². The molecule has 0 aromatic heterocycles. The fourth-order valence-corrected chi connectivity index (χ4v) is 10.3. The molecule has 36 heavy (non-hydrogen) atoms. The number of aliphatic hydroxyl groups excluding tert-OH is 1. The van der Waals surface area contributed by atoms with Crippen LogP contribution in [0.4, 0.5) is 0 Å². The number of nitrogens with zero attached hydrogens (tertiary/aromatic N) is 1. The normalized spacial score (nSPS) is 42.2. The van der Waals surface area contributed by atoms with Crippen molar-refractivity contribution in [1.82, 2.24) is 0 Å². The third kappa shape index (κ3) is 4.72. The van der Waals surface area contributed by atoms with Crippen LogP contribution >= 0.6 is 0 Å². The van der Waals surface area contributed by atoms with Crippen molar-refractivity contribution in [3.63, 3.8) is 0 Å². The number of hydrogen-bond acceptors (Lipinski definition) is 2. The van der Waals surface area contributed by atoms with Crippen molar-refractivity contribution < 1.29 is 19.5 Å². The highest BCUT2D eigenvalue weighted by Gasteiger charge is 2.63. The number of quaternary nitrogens is 1. The van der Waals surface area contributed by atoms with Crippen molar-refractivity contribution in [2.45, 2.75) is 111 Å². The van der Waals surface area contributed by atoms with Crippen LogP contribution in [-0.4, -0.2) is 54.0 Å².